The molecule has 1 aromatic heterocycles. The van der Waals surface area contributed by atoms with Gasteiger partial charge in [-0.05, 0) is 54.1 Å². The van der Waals surface area contributed by atoms with E-state index >= 15 is 0 Å². The van der Waals surface area contributed by atoms with Crippen molar-refractivity contribution in [1.82, 2.24) is 10.3 Å². The van der Waals surface area contributed by atoms with Gasteiger partial charge in [-0.2, -0.15) is 5.26 Å². The molecular weight excluding hydrogens is 356 g/mol. The van der Waals surface area contributed by atoms with Crippen LogP contribution >= 0.6 is 0 Å². The SMILES string of the molecule is N#Cc1ccc(Nc2ccnc(C(=O)NCc3ccc4c(c3)OCO4)c2)cc1. The van der Waals surface area contributed by atoms with E-state index in [-0.39, 0.29) is 12.7 Å². The van der Waals surface area contributed by atoms with Crippen LogP contribution in [0.25, 0.3) is 0 Å². The van der Waals surface area contributed by atoms with E-state index in [0.717, 1.165) is 16.9 Å². The lowest BCUT2D eigenvalue weighted by Gasteiger charge is -2.09. The van der Waals surface area contributed by atoms with Crippen LogP contribution in [-0.2, 0) is 6.54 Å². The third-order valence-electron chi connectivity index (χ3n) is 4.19. The summed E-state index contributed by atoms with van der Waals surface area (Å²) in [5.41, 5.74) is 3.34. The smallest absolute Gasteiger partial charge is 0.270 e. The summed E-state index contributed by atoms with van der Waals surface area (Å²) in [6, 6.07) is 18.1. The predicted molar refractivity (Wildman–Crippen MR) is 102 cm³/mol. The molecule has 0 aliphatic carbocycles. The minimum Gasteiger partial charge on any atom is -0.454 e. The minimum absolute atomic E-state index is 0.216. The molecule has 2 heterocycles. The van der Waals surface area contributed by atoms with Crippen molar-refractivity contribution in [3.8, 4) is 17.6 Å². The monoisotopic (exact) mass is 372 g/mol. The maximum atomic E-state index is 12.4. The summed E-state index contributed by atoms with van der Waals surface area (Å²) >= 11 is 0. The van der Waals surface area contributed by atoms with Gasteiger partial charge in [0, 0.05) is 24.1 Å². The quantitative estimate of drug-likeness (QED) is 0.713. The van der Waals surface area contributed by atoms with Crippen molar-refractivity contribution in [2.75, 3.05) is 12.1 Å². The second-order valence-corrected chi connectivity index (χ2v) is 6.11. The van der Waals surface area contributed by atoms with Crippen LogP contribution in [0.3, 0.4) is 0 Å². The van der Waals surface area contributed by atoms with Crippen LogP contribution in [-0.4, -0.2) is 17.7 Å². The number of aromatic nitrogens is 1. The number of hydrogen-bond acceptors (Lipinski definition) is 6. The van der Waals surface area contributed by atoms with Crippen LogP contribution in [0.1, 0.15) is 21.6 Å². The largest absolute Gasteiger partial charge is 0.454 e. The van der Waals surface area contributed by atoms with Crippen LogP contribution in [0.2, 0.25) is 0 Å². The Morgan fingerprint density at radius 2 is 1.86 bits per heavy atom. The molecule has 1 aliphatic heterocycles. The zero-order chi connectivity index (χ0) is 19.3. The number of ether oxygens (including phenoxy) is 2. The minimum atomic E-state index is -0.277. The number of pyridine rings is 1. The number of amides is 1. The van der Waals surface area contributed by atoms with Crippen molar-refractivity contribution in [3.63, 3.8) is 0 Å². The van der Waals surface area contributed by atoms with E-state index in [0.29, 0.717) is 29.3 Å². The van der Waals surface area contributed by atoms with Gasteiger partial charge in [-0.25, -0.2) is 0 Å². The standard InChI is InChI=1S/C21H16N4O3/c22-11-14-1-4-16(5-2-14)25-17-7-8-23-18(10-17)21(26)24-12-15-3-6-19-20(9-15)28-13-27-19/h1-10H,12-13H2,(H,23,25)(H,24,26). The van der Waals surface area contributed by atoms with Gasteiger partial charge in [-0.15, -0.1) is 0 Å². The number of benzene rings is 2. The first kappa shape index (κ1) is 17.4. The molecule has 0 fully saturated rings. The molecule has 138 valence electrons. The Morgan fingerprint density at radius 1 is 1.04 bits per heavy atom. The van der Waals surface area contributed by atoms with Crippen LogP contribution in [0.15, 0.2) is 60.8 Å². The van der Waals surface area contributed by atoms with Crippen molar-refractivity contribution in [3.05, 3.63) is 77.6 Å². The number of nitrogens with one attached hydrogen (secondary N) is 2. The molecule has 1 amide bonds. The first-order chi connectivity index (χ1) is 13.7. The highest BCUT2D eigenvalue weighted by atomic mass is 16.7. The van der Waals surface area contributed by atoms with Crippen molar-refractivity contribution >= 4 is 17.3 Å². The fourth-order valence-corrected chi connectivity index (χ4v) is 2.75. The summed E-state index contributed by atoms with van der Waals surface area (Å²) in [5.74, 6) is 1.11. The van der Waals surface area contributed by atoms with E-state index in [1.807, 2.05) is 18.2 Å². The predicted octanol–water partition coefficient (Wildman–Crippen LogP) is 3.36. The Labute approximate surface area is 161 Å². The number of rotatable bonds is 5. The Bertz CT molecular complexity index is 1060. The summed E-state index contributed by atoms with van der Waals surface area (Å²) in [6.45, 7) is 0.568. The number of anilines is 2. The van der Waals surface area contributed by atoms with Gasteiger partial charge in [0.2, 0.25) is 6.79 Å². The molecule has 28 heavy (non-hydrogen) atoms. The molecule has 2 aromatic carbocycles. The van der Waals surface area contributed by atoms with Crippen LogP contribution in [0, 0.1) is 11.3 Å². The van der Waals surface area contributed by atoms with Gasteiger partial charge in [-0.1, -0.05) is 6.07 Å². The Morgan fingerprint density at radius 3 is 2.68 bits per heavy atom. The molecule has 3 aromatic rings. The molecular formula is C21H16N4O3. The number of carbonyl (C=O) groups is 1. The molecule has 0 spiro atoms. The molecule has 0 radical (unpaired) electrons. The van der Waals surface area contributed by atoms with Gasteiger partial charge in [0.25, 0.3) is 5.91 Å². The van der Waals surface area contributed by atoms with Gasteiger partial charge in [0.05, 0.1) is 11.6 Å². The highest BCUT2D eigenvalue weighted by Crippen LogP contribution is 2.32. The molecule has 0 atom stereocenters. The average Bonchev–Trinajstić information content (AvgIpc) is 3.20. The lowest BCUT2D eigenvalue weighted by molar-refractivity contribution is 0.0946. The highest BCUT2D eigenvalue weighted by molar-refractivity contribution is 5.93. The van der Waals surface area contributed by atoms with E-state index in [1.165, 1.54) is 0 Å². The topological polar surface area (TPSA) is 96.3 Å². The maximum Gasteiger partial charge on any atom is 0.270 e. The van der Waals surface area contributed by atoms with E-state index < -0.39 is 0 Å². The molecule has 2 N–H and O–H groups in total. The Hall–Kier alpha value is -4.05. The zero-order valence-electron chi connectivity index (χ0n) is 14.8. The zero-order valence-corrected chi connectivity index (χ0v) is 14.8. The average molecular weight is 372 g/mol. The lowest BCUT2D eigenvalue weighted by atomic mass is 10.2. The molecule has 1 aliphatic rings. The fraction of sp³-hybridized carbons (Fsp3) is 0.0952. The van der Waals surface area contributed by atoms with E-state index in [9.17, 15) is 4.79 Å². The van der Waals surface area contributed by atoms with E-state index in [1.54, 1.807) is 42.6 Å². The summed E-state index contributed by atoms with van der Waals surface area (Å²) in [5, 5.41) is 14.9. The summed E-state index contributed by atoms with van der Waals surface area (Å²) in [7, 11) is 0. The van der Waals surface area contributed by atoms with Gasteiger partial charge in [-0.3, -0.25) is 9.78 Å². The van der Waals surface area contributed by atoms with Crippen LogP contribution in [0.4, 0.5) is 11.4 Å². The Balaban J connectivity index is 1.40. The van der Waals surface area contributed by atoms with Crippen LogP contribution < -0.4 is 20.1 Å². The number of fused-ring (bicyclic) bond motifs is 1. The Kier molecular flexibility index (Phi) is 4.76. The molecule has 0 bridgehead atoms. The van der Waals surface area contributed by atoms with Gasteiger partial charge < -0.3 is 20.1 Å². The van der Waals surface area contributed by atoms with E-state index in [2.05, 4.69) is 21.7 Å². The second-order valence-electron chi connectivity index (χ2n) is 6.11. The molecule has 7 nitrogen and oxygen atoms in total. The molecule has 7 heteroatoms. The van der Waals surface area contributed by atoms with Crippen molar-refractivity contribution in [1.29, 1.82) is 5.26 Å². The van der Waals surface area contributed by atoms with Gasteiger partial charge in [0.1, 0.15) is 5.69 Å². The fourth-order valence-electron chi connectivity index (χ4n) is 2.75. The third kappa shape index (κ3) is 3.86. The van der Waals surface area contributed by atoms with Gasteiger partial charge >= 0.3 is 0 Å². The number of nitrogens with zero attached hydrogens (tertiary/aromatic N) is 2. The summed E-state index contributed by atoms with van der Waals surface area (Å²) in [6.07, 6.45) is 1.57. The van der Waals surface area contributed by atoms with Crippen LogP contribution in [0.5, 0.6) is 11.5 Å². The third-order valence-corrected chi connectivity index (χ3v) is 4.19. The lowest BCUT2D eigenvalue weighted by Crippen LogP contribution is -2.23. The van der Waals surface area contributed by atoms with Crippen molar-refractivity contribution in [2.45, 2.75) is 6.54 Å². The molecule has 0 saturated carbocycles. The summed E-state index contributed by atoms with van der Waals surface area (Å²) in [4.78, 5) is 16.6. The molecule has 0 saturated heterocycles. The molecule has 4 rings (SSSR count). The van der Waals surface area contributed by atoms with E-state index in [4.69, 9.17) is 14.7 Å². The normalized spacial score (nSPS) is 11.5. The highest BCUT2D eigenvalue weighted by Gasteiger charge is 2.14. The van der Waals surface area contributed by atoms with Crippen molar-refractivity contribution < 1.29 is 14.3 Å². The van der Waals surface area contributed by atoms with Gasteiger partial charge in [0.15, 0.2) is 11.5 Å². The number of nitriles is 1. The number of hydrogen-bond donors (Lipinski definition) is 2. The maximum absolute atomic E-state index is 12.4. The van der Waals surface area contributed by atoms with Crippen molar-refractivity contribution in [2.24, 2.45) is 0 Å². The second kappa shape index (κ2) is 7.68. The molecule has 0 unspecified atom stereocenters. The number of carbonyl (C=O) groups excluding carboxylic acids is 1. The first-order valence-corrected chi connectivity index (χ1v) is 8.61. The first-order valence-electron chi connectivity index (χ1n) is 8.61. The summed E-state index contributed by atoms with van der Waals surface area (Å²) < 4.78 is 10.6.